The maximum absolute atomic E-state index is 2.29. The van der Waals surface area contributed by atoms with Crippen molar-refractivity contribution in [2.45, 2.75) is 51.9 Å². The maximum atomic E-state index is 2.29. The highest BCUT2D eigenvalue weighted by Gasteiger charge is 1.96. The van der Waals surface area contributed by atoms with Crippen LogP contribution in [0.5, 0.6) is 0 Å². The first-order chi connectivity index (χ1) is 7.72. The van der Waals surface area contributed by atoms with Crippen LogP contribution in [-0.4, -0.2) is 6.26 Å². The molecular formula is C15H26S. The van der Waals surface area contributed by atoms with Gasteiger partial charge in [0.15, 0.2) is 0 Å². The minimum absolute atomic E-state index is 0.834. The van der Waals surface area contributed by atoms with Gasteiger partial charge in [-0.1, -0.05) is 46.2 Å². The van der Waals surface area contributed by atoms with Crippen molar-refractivity contribution in [2.75, 3.05) is 6.26 Å². The van der Waals surface area contributed by atoms with Crippen molar-refractivity contribution in [3.05, 3.63) is 29.8 Å². The molecule has 92 valence electrons. The van der Waals surface area contributed by atoms with Crippen LogP contribution < -0.4 is 0 Å². The second-order valence-corrected chi connectivity index (χ2v) is 5.01. The summed E-state index contributed by atoms with van der Waals surface area (Å²) in [5.41, 5.74) is 1.48. The van der Waals surface area contributed by atoms with Gasteiger partial charge >= 0.3 is 0 Å². The quantitative estimate of drug-likeness (QED) is 0.618. The highest BCUT2D eigenvalue weighted by atomic mass is 32.2. The summed E-state index contributed by atoms with van der Waals surface area (Å²) in [6, 6.07) is 8.95. The standard InChI is InChI=1S/C13H20S.C2H6/c1-11(2)5-4-6-12-7-9-13(14-3)10-8-12;1-2/h7-11H,4-6H2,1-3H3;1-2H3. The maximum Gasteiger partial charge on any atom is 0.00693 e. The minimum Gasteiger partial charge on any atom is -0.130 e. The molecule has 0 heterocycles. The Balaban J connectivity index is 0.00000106. The first-order valence-electron chi connectivity index (χ1n) is 6.35. The molecule has 0 N–H and O–H groups in total. The smallest absolute Gasteiger partial charge is 0.00693 e. The molecule has 0 unspecified atom stereocenters. The van der Waals surface area contributed by atoms with E-state index in [1.165, 1.54) is 29.7 Å². The number of rotatable bonds is 5. The first kappa shape index (κ1) is 15.6. The van der Waals surface area contributed by atoms with Crippen molar-refractivity contribution in [3.8, 4) is 0 Å². The SMILES string of the molecule is CC.CSc1ccc(CCCC(C)C)cc1. The van der Waals surface area contributed by atoms with E-state index in [9.17, 15) is 0 Å². The van der Waals surface area contributed by atoms with E-state index in [2.05, 4.69) is 44.4 Å². The summed E-state index contributed by atoms with van der Waals surface area (Å²) in [5, 5.41) is 0. The predicted octanol–water partition coefficient (Wildman–Crippen LogP) is 5.41. The average Bonchev–Trinajstić information content (AvgIpc) is 2.32. The van der Waals surface area contributed by atoms with Crippen molar-refractivity contribution < 1.29 is 0 Å². The van der Waals surface area contributed by atoms with Gasteiger partial charge in [0, 0.05) is 4.90 Å². The van der Waals surface area contributed by atoms with Crippen molar-refractivity contribution >= 4 is 11.8 Å². The molecule has 0 radical (unpaired) electrons. The topological polar surface area (TPSA) is 0 Å². The summed E-state index contributed by atoms with van der Waals surface area (Å²) < 4.78 is 0. The van der Waals surface area contributed by atoms with E-state index in [1.54, 1.807) is 11.8 Å². The zero-order chi connectivity index (χ0) is 12.4. The number of thioether (sulfide) groups is 1. The van der Waals surface area contributed by atoms with E-state index in [0.29, 0.717) is 0 Å². The summed E-state index contributed by atoms with van der Waals surface area (Å²) >= 11 is 1.81. The lowest BCUT2D eigenvalue weighted by Crippen LogP contribution is -1.90. The zero-order valence-electron chi connectivity index (χ0n) is 11.4. The summed E-state index contributed by atoms with van der Waals surface area (Å²) in [7, 11) is 0. The van der Waals surface area contributed by atoms with Crippen LogP contribution in [0.4, 0.5) is 0 Å². The molecule has 0 aromatic heterocycles. The van der Waals surface area contributed by atoms with Crippen LogP contribution in [0.25, 0.3) is 0 Å². The zero-order valence-corrected chi connectivity index (χ0v) is 12.2. The Morgan fingerprint density at radius 1 is 1.06 bits per heavy atom. The third-order valence-electron chi connectivity index (χ3n) is 2.41. The van der Waals surface area contributed by atoms with Crippen LogP contribution >= 0.6 is 11.8 Å². The Morgan fingerprint density at radius 2 is 1.62 bits per heavy atom. The molecule has 16 heavy (non-hydrogen) atoms. The molecule has 0 bridgehead atoms. The number of hydrogen-bond donors (Lipinski definition) is 0. The van der Waals surface area contributed by atoms with E-state index < -0.39 is 0 Å². The number of benzene rings is 1. The van der Waals surface area contributed by atoms with Gasteiger partial charge in [0.05, 0.1) is 0 Å². The van der Waals surface area contributed by atoms with Gasteiger partial charge in [0.25, 0.3) is 0 Å². The van der Waals surface area contributed by atoms with E-state index in [-0.39, 0.29) is 0 Å². The van der Waals surface area contributed by atoms with Gasteiger partial charge in [-0.15, -0.1) is 11.8 Å². The van der Waals surface area contributed by atoms with Crippen molar-refractivity contribution in [1.82, 2.24) is 0 Å². The highest BCUT2D eigenvalue weighted by Crippen LogP contribution is 2.16. The summed E-state index contributed by atoms with van der Waals surface area (Å²) in [6.45, 7) is 8.58. The van der Waals surface area contributed by atoms with Crippen LogP contribution in [0.1, 0.15) is 46.1 Å². The van der Waals surface area contributed by atoms with Gasteiger partial charge in [-0.3, -0.25) is 0 Å². The monoisotopic (exact) mass is 238 g/mol. The molecule has 0 fully saturated rings. The Labute approximate surface area is 106 Å². The van der Waals surface area contributed by atoms with Crippen LogP contribution in [0.3, 0.4) is 0 Å². The fraction of sp³-hybridized carbons (Fsp3) is 0.600. The first-order valence-corrected chi connectivity index (χ1v) is 7.57. The summed E-state index contributed by atoms with van der Waals surface area (Å²) in [5.74, 6) is 0.834. The van der Waals surface area contributed by atoms with Crippen molar-refractivity contribution in [3.63, 3.8) is 0 Å². The normalized spacial score (nSPS) is 9.88. The molecule has 0 atom stereocenters. The van der Waals surface area contributed by atoms with Crippen molar-refractivity contribution in [1.29, 1.82) is 0 Å². The predicted molar refractivity (Wildman–Crippen MR) is 77.3 cm³/mol. The van der Waals surface area contributed by atoms with Gasteiger partial charge in [0.1, 0.15) is 0 Å². The van der Waals surface area contributed by atoms with E-state index in [4.69, 9.17) is 0 Å². The molecular weight excluding hydrogens is 212 g/mol. The Morgan fingerprint density at radius 3 is 2.06 bits per heavy atom. The van der Waals surface area contributed by atoms with Gasteiger partial charge in [0.2, 0.25) is 0 Å². The molecule has 0 nitrogen and oxygen atoms in total. The largest absolute Gasteiger partial charge is 0.130 e. The molecule has 0 aliphatic rings. The number of hydrogen-bond acceptors (Lipinski definition) is 1. The Hall–Kier alpha value is -0.430. The third-order valence-corrected chi connectivity index (χ3v) is 3.15. The Bertz CT molecular complexity index is 249. The molecule has 0 spiro atoms. The van der Waals surface area contributed by atoms with Crippen molar-refractivity contribution in [2.24, 2.45) is 5.92 Å². The summed E-state index contributed by atoms with van der Waals surface area (Å²) in [6.07, 6.45) is 6.00. The molecule has 0 saturated heterocycles. The lowest BCUT2D eigenvalue weighted by molar-refractivity contribution is 0.556. The van der Waals surface area contributed by atoms with Crippen LogP contribution in [0, 0.1) is 5.92 Å². The number of aryl methyl sites for hydroxylation is 1. The molecule has 1 rings (SSSR count). The van der Waals surface area contributed by atoms with E-state index in [1.807, 2.05) is 13.8 Å². The molecule has 0 aliphatic carbocycles. The Kier molecular flexibility index (Phi) is 9.51. The fourth-order valence-corrected chi connectivity index (χ4v) is 1.91. The minimum atomic E-state index is 0.834. The lowest BCUT2D eigenvalue weighted by atomic mass is 10.0. The third kappa shape index (κ3) is 6.95. The van der Waals surface area contributed by atoms with Gasteiger partial charge < -0.3 is 0 Å². The molecule has 1 aromatic carbocycles. The molecule has 0 saturated carbocycles. The summed E-state index contributed by atoms with van der Waals surface area (Å²) in [4.78, 5) is 1.36. The van der Waals surface area contributed by atoms with E-state index in [0.717, 1.165) is 5.92 Å². The van der Waals surface area contributed by atoms with Crippen LogP contribution in [0.15, 0.2) is 29.2 Å². The van der Waals surface area contributed by atoms with Crippen LogP contribution in [0.2, 0.25) is 0 Å². The molecule has 0 amide bonds. The van der Waals surface area contributed by atoms with Gasteiger partial charge in [-0.05, 0) is 42.7 Å². The second-order valence-electron chi connectivity index (χ2n) is 4.13. The molecule has 1 aromatic rings. The lowest BCUT2D eigenvalue weighted by Gasteiger charge is -2.05. The average molecular weight is 238 g/mol. The van der Waals surface area contributed by atoms with Crippen LogP contribution in [-0.2, 0) is 6.42 Å². The molecule has 1 heteroatoms. The fourth-order valence-electron chi connectivity index (χ4n) is 1.51. The second kappa shape index (κ2) is 9.77. The molecule has 0 aliphatic heterocycles. The highest BCUT2D eigenvalue weighted by molar-refractivity contribution is 7.98. The van der Waals surface area contributed by atoms with E-state index >= 15 is 0 Å². The van der Waals surface area contributed by atoms with Gasteiger partial charge in [-0.2, -0.15) is 0 Å². The van der Waals surface area contributed by atoms with Gasteiger partial charge in [-0.25, -0.2) is 0 Å².